The molecular weight excluding hydrogens is 488 g/mol. The maximum atomic E-state index is 12.8. The van der Waals surface area contributed by atoms with Crippen LogP contribution in [0.25, 0.3) is 0 Å². The lowest BCUT2D eigenvalue weighted by Crippen LogP contribution is -2.35. The third-order valence-electron chi connectivity index (χ3n) is 4.70. The number of aliphatic imine (C=N–C) groups is 1. The van der Waals surface area contributed by atoms with Crippen LogP contribution in [0.5, 0.6) is 0 Å². The van der Waals surface area contributed by atoms with Gasteiger partial charge in [-0.3, -0.25) is 14.5 Å². The minimum Gasteiger partial charge on any atom is -0.367 e. The van der Waals surface area contributed by atoms with E-state index in [1.54, 1.807) is 24.3 Å². The van der Waals surface area contributed by atoms with E-state index in [1.807, 2.05) is 0 Å². The van der Waals surface area contributed by atoms with Gasteiger partial charge in [0.1, 0.15) is 16.1 Å². The maximum Gasteiger partial charge on any atom is 0.417 e. The molecule has 1 fully saturated rings. The fourth-order valence-electron chi connectivity index (χ4n) is 3.11. The van der Waals surface area contributed by atoms with Gasteiger partial charge in [-0.15, -0.1) is 0 Å². The molecule has 1 aromatic heterocycles. The quantitative estimate of drug-likeness (QED) is 0.605. The summed E-state index contributed by atoms with van der Waals surface area (Å²) in [6.07, 6.45) is -2.50. The molecule has 2 amide bonds. The van der Waals surface area contributed by atoms with Gasteiger partial charge in [0.05, 0.1) is 16.2 Å². The molecule has 0 unspecified atom stereocenters. The Bertz CT molecular complexity index is 1150. The molecule has 6 nitrogen and oxygen atoms in total. The van der Waals surface area contributed by atoms with Gasteiger partial charge in [-0.05, 0) is 18.2 Å². The normalized spacial score (nSPS) is 18.4. The second kappa shape index (κ2) is 8.76. The molecule has 0 spiro atoms. The number of hydrogen-bond acceptors (Lipinski definition) is 6. The highest BCUT2D eigenvalue weighted by atomic mass is 35.5. The number of amides is 2. The van der Waals surface area contributed by atoms with Gasteiger partial charge >= 0.3 is 6.18 Å². The number of carbonyl (C=O) groups is 2. The van der Waals surface area contributed by atoms with E-state index in [-0.39, 0.29) is 35.4 Å². The van der Waals surface area contributed by atoms with Crippen molar-refractivity contribution < 1.29 is 22.8 Å². The number of likely N-dealkylation sites (tertiary alicyclic amines) is 1. The predicted octanol–water partition coefficient (Wildman–Crippen LogP) is 4.63. The molecule has 2 aliphatic rings. The third-order valence-corrected chi connectivity index (χ3v) is 6.50. The van der Waals surface area contributed by atoms with Crippen molar-refractivity contribution in [1.82, 2.24) is 9.88 Å². The third kappa shape index (κ3) is 4.48. The zero-order valence-corrected chi connectivity index (χ0v) is 18.3. The number of pyridine rings is 1. The van der Waals surface area contributed by atoms with Crippen LogP contribution in [0, 0.1) is 0 Å². The Morgan fingerprint density at radius 1 is 1.16 bits per heavy atom. The summed E-state index contributed by atoms with van der Waals surface area (Å²) in [5, 5.41) is 3.00. The Hall–Kier alpha value is -2.56. The first-order valence-electron chi connectivity index (χ1n) is 9.18. The molecular formula is C20H13Cl2F3N4O2S. The van der Waals surface area contributed by atoms with Gasteiger partial charge < -0.3 is 5.32 Å². The van der Waals surface area contributed by atoms with Crippen molar-refractivity contribution in [2.75, 3.05) is 18.4 Å². The number of halogens is 5. The van der Waals surface area contributed by atoms with Gasteiger partial charge in [-0.25, -0.2) is 9.98 Å². The number of alkyl halides is 3. The summed E-state index contributed by atoms with van der Waals surface area (Å²) in [5.41, 5.74) is 0.0870. The summed E-state index contributed by atoms with van der Waals surface area (Å²) in [4.78, 5) is 34.5. The fraction of sp³-hybridized carbons (Fsp3) is 0.200. The van der Waals surface area contributed by atoms with Gasteiger partial charge in [-0.2, -0.15) is 13.2 Å². The zero-order chi connectivity index (χ0) is 23.0. The zero-order valence-electron chi connectivity index (χ0n) is 16.0. The topological polar surface area (TPSA) is 74.7 Å². The van der Waals surface area contributed by atoms with Crippen molar-refractivity contribution in [2.45, 2.75) is 11.4 Å². The second-order valence-electron chi connectivity index (χ2n) is 6.80. The van der Waals surface area contributed by atoms with Crippen molar-refractivity contribution in [1.29, 1.82) is 0 Å². The average molecular weight is 501 g/mol. The van der Waals surface area contributed by atoms with Gasteiger partial charge in [-0.1, -0.05) is 47.1 Å². The number of nitrogens with one attached hydrogen (secondary N) is 1. The smallest absolute Gasteiger partial charge is 0.367 e. The molecule has 32 heavy (non-hydrogen) atoms. The van der Waals surface area contributed by atoms with E-state index in [0.717, 1.165) is 16.5 Å². The Labute approximate surface area is 194 Å². The summed E-state index contributed by atoms with van der Waals surface area (Å²) in [5.74, 6) is -0.821. The fourth-order valence-corrected chi connectivity index (χ4v) is 4.59. The average Bonchev–Trinajstić information content (AvgIpc) is 2.99. The van der Waals surface area contributed by atoms with E-state index in [4.69, 9.17) is 23.2 Å². The number of imide groups is 1. The molecule has 12 heteroatoms. The highest BCUT2D eigenvalue weighted by molar-refractivity contribution is 8.15. The van der Waals surface area contributed by atoms with E-state index in [1.165, 1.54) is 18.0 Å². The van der Waals surface area contributed by atoms with Crippen LogP contribution < -0.4 is 5.32 Å². The number of benzene rings is 1. The molecule has 1 N–H and O–H groups in total. The van der Waals surface area contributed by atoms with E-state index < -0.39 is 22.9 Å². The van der Waals surface area contributed by atoms with Crippen molar-refractivity contribution >= 4 is 57.6 Å². The minimum atomic E-state index is -4.56. The monoisotopic (exact) mass is 500 g/mol. The van der Waals surface area contributed by atoms with Crippen LogP contribution in [0.1, 0.15) is 11.1 Å². The molecule has 0 saturated carbocycles. The number of fused-ring (bicyclic) bond motifs is 1. The summed E-state index contributed by atoms with van der Waals surface area (Å²) >= 11 is 12.9. The molecule has 1 atom stereocenters. The van der Waals surface area contributed by atoms with Gasteiger partial charge in [0.25, 0.3) is 5.91 Å². The van der Waals surface area contributed by atoms with Crippen molar-refractivity contribution in [3.8, 4) is 0 Å². The second-order valence-corrected chi connectivity index (χ2v) is 8.73. The number of thioether (sulfide) groups is 1. The molecule has 3 heterocycles. The number of nitrogens with zero attached hydrogens (tertiary/aromatic N) is 3. The molecule has 1 aromatic carbocycles. The van der Waals surface area contributed by atoms with E-state index in [9.17, 15) is 22.8 Å². The molecule has 0 radical (unpaired) electrons. The van der Waals surface area contributed by atoms with Crippen molar-refractivity contribution in [3.05, 3.63) is 69.5 Å². The Morgan fingerprint density at radius 2 is 1.88 bits per heavy atom. The van der Waals surface area contributed by atoms with Gasteiger partial charge in [0.2, 0.25) is 5.91 Å². The van der Waals surface area contributed by atoms with Crippen LogP contribution in [0.3, 0.4) is 0 Å². The Morgan fingerprint density at radius 3 is 2.53 bits per heavy atom. The van der Waals surface area contributed by atoms with Gasteiger partial charge in [0.15, 0.2) is 0 Å². The summed E-state index contributed by atoms with van der Waals surface area (Å²) < 4.78 is 38.2. The number of hydrogen-bond donors (Lipinski definition) is 1. The number of carbonyl (C=O) groups excluding carboxylic acids is 2. The van der Waals surface area contributed by atoms with Crippen LogP contribution in [0.2, 0.25) is 10.0 Å². The number of rotatable bonds is 5. The first-order valence-corrected chi connectivity index (χ1v) is 10.8. The first-order chi connectivity index (χ1) is 15.1. The number of aromatic nitrogens is 1. The lowest BCUT2D eigenvalue weighted by atomic mass is 10.2. The van der Waals surface area contributed by atoms with Crippen LogP contribution in [-0.2, 0) is 15.8 Å². The molecule has 0 bridgehead atoms. The highest BCUT2D eigenvalue weighted by Gasteiger charge is 2.45. The summed E-state index contributed by atoms with van der Waals surface area (Å²) in [6, 6.07) is 7.72. The SMILES string of the molecule is O=C1C2=CN=C(c3ccc(Cl)cc3)S[C@H]2C(=O)N1CCNc1ncc(C(F)(F)F)cc1Cl. The predicted molar refractivity (Wildman–Crippen MR) is 117 cm³/mol. The van der Waals surface area contributed by atoms with Crippen LogP contribution in [0.15, 0.2) is 53.3 Å². The molecule has 2 aliphatic heterocycles. The summed E-state index contributed by atoms with van der Waals surface area (Å²) in [7, 11) is 0. The molecule has 4 rings (SSSR count). The highest BCUT2D eigenvalue weighted by Crippen LogP contribution is 2.36. The maximum absolute atomic E-state index is 12.8. The lowest BCUT2D eigenvalue weighted by molar-refractivity contribution is -0.138. The van der Waals surface area contributed by atoms with Gasteiger partial charge in [0, 0.05) is 36.1 Å². The van der Waals surface area contributed by atoms with Crippen LogP contribution >= 0.6 is 35.0 Å². The molecule has 2 aromatic rings. The van der Waals surface area contributed by atoms with Crippen LogP contribution in [0.4, 0.5) is 19.0 Å². The van der Waals surface area contributed by atoms with Crippen molar-refractivity contribution in [3.63, 3.8) is 0 Å². The molecule has 1 saturated heterocycles. The summed E-state index contributed by atoms with van der Waals surface area (Å²) in [6.45, 7) is 0.0481. The standard InChI is InChI=1S/C20H13Cl2F3N4O2S/c21-12-3-1-10(2-4-12)17-28-9-13-15(32-17)19(31)29(18(13)30)6-5-26-16-14(22)7-11(8-27-16)20(23,24)25/h1-4,7-9,15H,5-6H2,(H,26,27)/t15-/m1/s1. The van der Waals surface area contributed by atoms with Crippen molar-refractivity contribution in [2.24, 2.45) is 4.99 Å². The lowest BCUT2D eigenvalue weighted by Gasteiger charge is -2.16. The van der Waals surface area contributed by atoms with Crippen LogP contribution in [-0.4, -0.2) is 45.1 Å². The van der Waals surface area contributed by atoms with E-state index in [2.05, 4.69) is 15.3 Å². The Balaban J connectivity index is 1.40. The minimum absolute atomic E-state index is 0.0125. The molecule has 166 valence electrons. The number of anilines is 1. The largest absolute Gasteiger partial charge is 0.417 e. The van der Waals surface area contributed by atoms with E-state index in [0.29, 0.717) is 16.3 Å². The first kappa shape index (κ1) is 22.6. The van der Waals surface area contributed by atoms with E-state index >= 15 is 0 Å². The Kier molecular flexibility index (Phi) is 6.19. The molecule has 0 aliphatic carbocycles.